The fraction of sp³-hybridized carbons (Fsp3) is 0.364. The van der Waals surface area contributed by atoms with Gasteiger partial charge in [0.25, 0.3) is 5.56 Å². The number of amides is 1. The molecule has 12 heteroatoms. The van der Waals surface area contributed by atoms with Gasteiger partial charge >= 0.3 is 11.9 Å². The fourth-order valence-corrected chi connectivity index (χ4v) is 4.76. The summed E-state index contributed by atoms with van der Waals surface area (Å²) in [6, 6.07) is 8.95. The van der Waals surface area contributed by atoms with Crippen molar-refractivity contribution in [3.05, 3.63) is 68.5 Å². The normalized spacial score (nSPS) is 14.9. The van der Waals surface area contributed by atoms with Crippen LogP contribution in [0.15, 0.2) is 46.0 Å². The van der Waals surface area contributed by atoms with Crippen LogP contribution in [0.25, 0.3) is 11.0 Å². The minimum absolute atomic E-state index is 0.190. The van der Waals surface area contributed by atoms with Crippen molar-refractivity contribution >= 4 is 34.4 Å². The number of aromatic nitrogens is 3. The molecule has 180 valence electrons. The number of carbonyl (C=O) groups is 1. The first kappa shape index (κ1) is 24.0. The molecule has 0 saturated carbocycles. The monoisotopic (exact) mass is 493 g/mol. The van der Waals surface area contributed by atoms with Crippen LogP contribution in [0, 0.1) is 0 Å². The summed E-state index contributed by atoms with van der Waals surface area (Å²) in [6.45, 7) is 2.15. The van der Waals surface area contributed by atoms with Gasteiger partial charge in [-0.05, 0) is 29.8 Å². The van der Waals surface area contributed by atoms with Crippen molar-refractivity contribution in [2.24, 2.45) is 7.05 Å². The van der Waals surface area contributed by atoms with Crippen LogP contribution in [0.5, 0.6) is 0 Å². The second-order valence-electron chi connectivity index (χ2n) is 7.94. The van der Waals surface area contributed by atoms with Gasteiger partial charge in [-0.15, -0.1) is 0 Å². The van der Waals surface area contributed by atoms with Crippen LogP contribution in [-0.2, 0) is 31.1 Å². The second-order valence-corrected chi connectivity index (χ2v) is 9.16. The first-order chi connectivity index (χ1) is 16.1. The van der Waals surface area contributed by atoms with E-state index >= 15 is 0 Å². The zero-order valence-electron chi connectivity index (χ0n) is 18.3. The van der Waals surface area contributed by atoms with Crippen molar-refractivity contribution < 1.29 is 18.0 Å². The summed E-state index contributed by atoms with van der Waals surface area (Å²) >= 11 is 1.92. The molecule has 1 aromatic carbocycles. The number of rotatable bonds is 5. The molecule has 34 heavy (non-hydrogen) atoms. The SMILES string of the molecule is Cn1c(=O)n(CC(=O)Nc2cccc(CN3CCSCC3)c2)c(=O)c2ccc(C(F)(F)F)nc21. The van der Waals surface area contributed by atoms with Crippen LogP contribution in [0.4, 0.5) is 18.9 Å². The number of aryl methyl sites for hydroxylation is 1. The van der Waals surface area contributed by atoms with E-state index in [1.165, 1.54) is 7.05 Å². The molecule has 1 N–H and O–H groups in total. The molecule has 1 aliphatic rings. The minimum atomic E-state index is -4.72. The predicted octanol–water partition coefficient (Wildman–Crippen LogP) is 2.30. The highest BCUT2D eigenvalue weighted by Crippen LogP contribution is 2.28. The third-order valence-electron chi connectivity index (χ3n) is 5.50. The number of carbonyl (C=O) groups excluding carboxylic acids is 1. The van der Waals surface area contributed by atoms with Crippen molar-refractivity contribution in [3.8, 4) is 0 Å². The molecule has 8 nitrogen and oxygen atoms in total. The van der Waals surface area contributed by atoms with E-state index in [-0.39, 0.29) is 5.39 Å². The molecule has 0 unspecified atom stereocenters. The number of hydrogen-bond donors (Lipinski definition) is 1. The molecule has 0 aliphatic carbocycles. The fourth-order valence-electron chi connectivity index (χ4n) is 3.78. The summed E-state index contributed by atoms with van der Waals surface area (Å²) in [7, 11) is 1.20. The van der Waals surface area contributed by atoms with Gasteiger partial charge in [0.1, 0.15) is 17.9 Å². The molecule has 0 spiro atoms. The smallest absolute Gasteiger partial charge is 0.325 e. The zero-order valence-corrected chi connectivity index (χ0v) is 19.1. The Hall–Kier alpha value is -3.12. The van der Waals surface area contributed by atoms with Crippen LogP contribution in [0.1, 0.15) is 11.3 Å². The average molecular weight is 494 g/mol. The molecule has 2 aromatic heterocycles. The van der Waals surface area contributed by atoms with E-state index in [4.69, 9.17) is 0 Å². The second kappa shape index (κ2) is 9.63. The Bertz CT molecular complexity index is 1350. The number of pyridine rings is 1. The summed E-state index contributed by atoms with van der Waals surface area (Å²) in [4.78, 5) is 43.8. The van der Waals surface area contributed by atoms with E-state index in [1.807, 2.05) is 30.0 Å². The van der Waals surface area contributed by atoms with Gasteiger partial charge in [0.2, 0.25) is 5.91 Å². The van der Waals surface area contributed by atoms with Gasteiger partial charge in [0.05, 0.1) is 5.39 Å². The molecule has 3 aromatic rings. The summed E-state index contributed by atoms with van der Waals surface area (Å²) in [5.74, 6) is 1.56. The third-order valence-corrected chi connectivity index (χ3v) is 6.44. The predicted molar refractivity (Wildman–Crippen MR) is 124 cm³/mol. The van der Waals surface area contributed by atoms with Crippen molar-refractivity contribution in [1.82, 2.24) is 19.0 Å². The van der Waals surface area contributed by atoms with E-state index in [0.29, 0.717) is 16.3 Å². The minimum Gasteiger partial charge on any atom is -0.325 e. The molecule has 0 radical (unpaired) electrons. The number of benzene rings is 1. The molecule has 3 heterocycles. The number of halogens is 3. The van der Waals surface area contributed by atoms with Crippen molar-refractivity contribution in [2.45, 2.75) is 19.3 Å². The van der Waals surface area contributed by atoms with Gasteiger partial charge in [0.15, 0.2) is 0 Å². The van der Waals surface area contributed by atoms with Crippen molar-refractivity contribution in [2.75, 3.05) is 29.9 Å². The van der Waals surface area contributed by atoms with Crippen LogP contribution in [0.3, 0.4) is 0 Å². The van der Waals surface area contributed by atoms with E-state index in [9.17, 15) is 27.6 Å². The molecule has 4 rings (SSSR count). The topological polar surface area (TPSA) is 89.2 Å². The van der Waals surface area contributed by atoms with E-state index in [1.54, 1.807) is 6.07 Å². The quantitative estimate of drug-likeness (QED) is 0.587. The first-order valence-corrected chi connectivity index (χ1v) is 11.7. The van der Waals surface area contributed by atoms with Crippen LogP contribution in [0.2, 0.25) is 0 Å². The lowest BCUT2D eigenvalue weighted by Gasteiger charge is -2.26. The number of fused-ring (bicyclic) bond motifs is 1. The standard InChI is InChI=1S/C22H22F3N5O3S/c1-28-19-16(5-6-17(27-19)22(23,24)25)20(32)30(21(28)33)13-18(31)26-15-4-2-3-14(11-15)12-29-7-9-34-10-8-29/h2-6,11H,7-10,12-13H2,1H3,(H,26,31). The summed E-state index contributed by atoms with van der Waals surface area (Å²) in [6.07, 6.45) is -4.72. The highest BCUT2D eigenvalue weighted by atomic mass is 32.2. The van der Waals surface area contributed by atoms with Crippen LogP contribution in [-0.4, -0.2) is 49.5 Å². The number of nitrogens with zero attached hydrogens (tertiary/aromatic N) is 4. The Morgan fingerprint density at radius 2 is 1.88 bits per heavy atom. The van der Waals surface area contributed by atoms with Gasteiger partial charge in [-0.2, -0.15) is 24.9 Å². The Morgan fingerprint density at radius 3 is 2.59 bits per heavy atom. The lowest BCUT2D eigenvalue weighted by Crippen LogP contribution is -2.42. The Kier molecular flexibility index (Phi) is 6.80. The maximum Gasteiger partial charge on any atom is 0.433 e. The lowest BCUT2D eigenvalue weighted by molar-refractivity contribution is -0.141. The summed E-state index contributed by atoms with van der Waals surface area (Å²) in [5.41, 5.74) is -1.88. The third kappa shape index (κ3) is 5.17. The van der Waals surface area contributed by atoms with E-state index < -0.39 is 41.2 Å². The number of anilines is 1. The van der Waals surface area contributed by atoms with Gasteiger partial charge in [-0.1, -0.05) is 12.1 Å². The van der Waals surface area contributed by atoms with Gasteiger partial charge in [-0.25, -0.2) is 9.78 Å². The Labute approximate surface area is 196 Å². The molecule has 1 fully saturated rings. The van der Waals surface area contributed by atoms with Gasteiger partial charge in [-0.3, -0.25) is 23.6 Å². The highest BCUT2D eigenvalue weighted by Gasteiger charge is 2.33. The highest BCUT2D eigenvalue weighted by molar-refractivity contribution is 7.99. The average Bonchev–Trinajstić information content (AvgIpc) is 2.80. The first-order valence-electron chi connectivity index (χ1n) is 10.5. The summed E-state index contributed by atoms with van der Waals surface area (Å²) < 4.78 is 40.4. The molecule has 1 saturated heterocycles. The lowest BCUT2D eigenvalue weighted by atomic mass is 10.2. The van der Waals surface area contributed by atoms with Crippen LogP contribution >= 0.6 is 11.8 Å². The Morgan fingerprint density at radius 1 is 1.15 bits per heavy atom. The van der Waals surface area contributed by atoms with Gasteiger partial charge < -0.3 is 5.32 Å². The number of nitrogens with one attached hydrogen (secondary N) is 1. The molecule has 0 atom stereocenters. The van der Waals surface area contributed by atoms with Crippen molar-refractivity contribution in [3.63, 3.8) is 0 Å². The zero-order chi connectivity index (χ0) is 24.5. The molecule has 1 amide bonds. The number of thioether (sulfide) groups is 1. The summed E-state index contributed by atoms with van der Waals surface area (Å²) in [5, 5.41) is 2.50. The van der Waals surface area contributed by atoms with Crippen molar-refractivity contribution in [1.29, 1.82) is 0 Å². The molecular weight excluding hydrogens is 471 g/mol. The van der Waals surface area contributed by atoms with Gasteiger partial charge in [0, 0.05) is 43.9 Å². The largest absolute Gasteiger partial charge is 0.433 e. The Balaban J connectivity index is 1.55. The van der Waals surface area contributed by atoms with E-state index in [0.717, 1.165) is 47.3 Å². The maximum absolute atomic E-state index is 13.0. The maximum atomic E-state index is 13.0. The van der Waals surface area contributed by atoms with E-state index in [2.05, 4.69) is 15.2 Å². The molecule has 0 bridgehead atoms. The molecular formula is C22H22F3N5O3S. The number of alkyl halides is 3. The number of hydrogen-bond acceptors (Lipinski definition) is 6. The molecule has 1 aliphatic heterocycles. The van der Waals surface area contributed by atoms with Crippen LogP contribution < -0.4 is 16.6 Å².